The summed E-state index contributed by atoms with van der Waals surface area (Å²) in [5.41, 5.74) is 0. The van der Waals surface area contributed by atoms with Gasteiger partial charge in [-0.15, -0.1) is 0 Å². The number of rotatable bonds is 0. The maximum atomic E-state index is 12.4. The van der Waals surface area contributed by atoms with Crippen LogP contribution in [0.3, 0.4) is 0 Å². The van der Waals surface area contributed by atoms with Gasteiger partial charge in [-0.3, -0.25) is 0 Å². The standard InChI is InChI=1S/C11H11NO2S/c1-15(13)11-8-10-5-3-2-4-9(10)6-7-12(11)14-15/h2-8,11H,1H3/i1D3,11D. The molecule has 2 unspecified atom stereocenters. The number of fused-ring (bicyclic) bond motifs is 2. The third-order valence-corrected chi connectivity index (χ3v) is 3.56. The van der Waals surface area contributed by atoms with Crippen molar-refractivity contribution < 1.29 is 19.1 Å². The van der Waals surface area contributed by atoms with Gasteiger partial charge in [0.25, 0.3) is 5.35 Å². The van der Waals surface area contributed by atoms with E-state index in [1.807, 2.05) is 12.1 Å². The summed E-state index contributed by atoms with van der Waals surface area (Å²) in [7, 11) is -3.79. The molecule has 1 fully saturated rings. The minimum absolute atomic E-state index is 0.663. The Hall–Kier alpha value is -1.26. The van der Waals surface area contributed by atoms with Crippen LogP contribution in [0, 0.1) is 0 Å². The highest BCUT2D eigenvalue weighted by Crippen LogP contribution is 2.55. The first kappa shape index (κ1) is 5.72. The van der Waals surface area contributed by atoms with Crippen molar-refractivity contribution in [3.05, 3.63) is 34.7 Å². The van der Waals surface area contributed by atoms with Gasteiger partial charge < -0.3 is 4.55 Å². The minimum atomic E-state index is -3.79. The zero-order chi connectivity index (χ0) is 13.9. The van der Waals surface area contributed by atoms with Crippen molar-refractivity contribution in [1.82, 2.24) is 0 Å². The van der Waals surface area contributed by atoms with E-state index in [0.717, 1.165) is 9.96 Å². The molecule has 3 rings (SSSR count). The summed E-state index contributed by atoms with van der Waals surface area (Å²) in [4.78, 5) is 0. The zero-order valence-electron chi connectivity index (χ0n) is 11.7. The molecule has 4 heteroatoms. The predicted molar refractivity (Wildman–Crippen MR) is 60.1 cm³/mol. The molecule has 0 radical (unpaired) electrons. The van der Waals surface area contributed by atoms with Crippen molar-refractivity contribution in [3.8, 4) is 0 Å². The van der Waals surface area contributed by atoms with Gasteiger partial charge in [0.2, 0.25) is 6.21 Å². The summed E-state index contributed by atoms with van der Waals surface area (Å²) in [5, 5.41) is -0.419. The molecule has 15 heavy (non-hydrogen) atoms. The molecule has 2 aliphatic rings. The molecule has 3 nitrogen and oxygen atoms in total. The average molecular weight is 225 g/mol. The molecule has 78 valence electrons. The molecule has 0 saturated carbocycles. The average Bonchev–Trinajstić information content (AvgIpc) is 2.44. The van der Waals surface area contributed by atoms with E-state index in [0.29, 0.717) is 5.22 Å². The monoisotopic (exact) mass is 225 g/mol. The Labute approximate surface area is 94.9 Å². The fourth-order valence-corrected chi connectivity index (χ4v) is 2.54. The SMILES string of the molecule is [2H]C([2H])([2H])S1([O-])O[N+]2=CC=c3ccccc3=CC21[2H]. The van der Waals surface area contributed by atoms with Crippen molar-refractivity contribution in [2.75, 3.05) is 6.18 Å². The van der Waals surface area contributed by atoms with Crippen molar-refractivity contribution >= 4 is 29.0 Å². The Morgan fingerprint density at radius 1 is 1.53 bits per heavy atom. The molecule has 2 aliphatic heterocycles. The van der Waals surface area contributed by atoms with E-state index >= 15 is 0 Å². The van der Waals surface area contributed by atoms with Crippen LogP contribution in [-0.2, 0) is 4.28 Å². The summed E-state index contributed by atoms with van der Waals surface area (Å²) >= 11 is 0. The van der Waals surface area contributed by atoms with Gasteiger partial charge in [-0.1, -0.05) is 24.3 Å². The molecule has 0 N–H and O–H groups in total. The molecule has 0 bridgehead atoms. The summed E-state index contributed by atoms with van der Waals surface area (Å²) in [5.74, 6) is 0. The molecule has 2 atom stereocenters. The fourth-order valence-electron chi connectivity index (χ4n) is 1.59. The third-order valence-electron chi connectivity index (χ3n) is 2.34. The van der Waals surface area contributed by atoms with E-state index < -0.39 is 22.1 Å². The summed E-state index contributed by atoms with van der Waals surface area (Å²) in [6.45, 7) is 0. The van der Waals surface area contributed by atoms with Gasteiger partial charge >= 0.3 is 0 Å². The van der Waals surface area contributed by atoms with E-state index in [4.69, 9.17) is 9.77 Å². The quantitative estimate of drug-likeness (QED) is 0.587. The van der Waals surface area contributed by atoms with Crippen LogP contribution in [0.15, 0.2) is 24.3 Å². The molecular weight excluding hydrogens is 210 g/mol. The molecule has 2 heterocycles. The summed E-state index contributed by atoms with van der Waals surface area (Å²) in [6.07, 6.45) is 1.67. The van der Waals surface area contributed by atoms with E-state index in [9.17, 15) is 4.55 Å². The summed E-state index contributed by atoms with van der Waals surface area (Å²) in [6, 6.07) is 7.18. The molecule has 0 aliphatic carbocycles. The maximum Gasteiger partial charge on any atom is 0.296 e. The smallest absolute Gasteiger partial charge is 0.296 e. The van der Waals surface area contributed by atoms with Crippen molar-refractivity contribution in [1.29, 1.82) is 0 Å². The second kappa shape index (κ2) is 2.87. The maximum absolute atomic E-state index is 12.4. The van der Waals surface area contributed by atoms with E-state index in [1.54, 1.807) is 18.2 Å². The molecule has 1 saturated heterocycles. The van der Waals surface area contributed by atoms with Gasteiger partial charge in [-0.25, -0.2) is 0 Å². The molecule has 0 aromatic heterocycles. The van der Waals surface area contributed by atoms with Crippen LogP contribution in [0.1, 0.15) is 5.48 Å². The first-order valence-corrected chi connectivity index (χ1v) is 5.92. The largest absolute Gasteiger partial charge is 0.750 e. The normalized spacial score (nSPS) is 45.5. The van der Waals surface area contributed by atoms with E-state index in [1.165, 1.54) is 12.3 Å². The van der Waals surface area contributed by atoms with Crippen molar-refractivity contribution in [3.63, 3.8) is 0 Å². The van der Waals surface area contributed by atoms with E-state index in [-0.39, 0.29) is 0 Å². The highest BCUT2D eigenvalue weighted by molar-refractivity contribution is 8.25. The molecule has 1 aromatic carbocycles. The van der Waals surface area contributed by atoms with Crippen molar-refractivity contribution in [2.24, 2.45) is 0 Å². The van der Waals surface area contributed by atoms with Gasteiger partial charge in [0, 0.05) is 27.2 Å². The first-order chi connectivity index (χ1) is 8.78. The van der Waals surface area contributed by atoms with Crippen LogP contribution in [0.5, 0.6) is 0 Å². The molecule has 0 spiro atoms. The van der Waals surface area contributed by atoms with Crippen LogP contribution < -0.4 is 10.4 Å². The van der Waals surface area contributed by atoms with Crippen LogP contribution in [0.25, 0.3) is 12.2 Å². The van der Waals surface area contributed by atoms with Gasteiger partial charge in [-0.2, -0.15) is 14.9 Å². The Kier molecular flexibility index (Phi) is 1.09. The van der Waals surface area contributed by atoms with E-state index in [2.05, 4.69) is 0 Å². The molecule has 0 amide bonds. The van der Waals surface area contributed by atoms with Crippen LogP contribution in [0.2, 0.25) is 0 Å². The molecule has 1 aromatic rings. The second-order valence-electron chi connectivity index (χ2n) is 3.33. The summed E-state index contributed by atoms with van der Waals surface area (Å²) < 4.78 is 48.6. The fraction of sp³-hybridized carbons (Fsp3) is 0.182. The van der Waals surface area contributed by atoms with Gasteiger partial charge in [0.05, 0.1) is 0 Å². The molecular formula is C11H11NO2S. The predicted octanol–water partition coefficient (Wildman–Crippen LogP) is 0.0956. The van der Waals surface area contributed by atoms with Gasteiger partial charge in [0.1, 0.15) is 1.37 Å². The zero-order valence-corrected chi connectivity index (χ0v) is 8.53. The Morgan fingerprint density at radius 2 is 2.33 bits per heavy atom. The van der Waals surface area contributed by atoms with Crippen LogP contribution >= 0.6 is 10.6 Å². The highest BCUT2D eigenvalue weighted by atomic mass is 32.3. The lowest BCUT2D eigenvalue weighted by molar-refractivity contribution is -0.775. The Morgan fingerprint density at radius 3 is 3.13 bits per heavy atom. The lowest BCUT2D eigenvalue weighted by Gasteiger charge is -2.51. The Balaban J connectivity index is 2.25. The number of hydrogen-bond donors (Lipinski definition) is 0. The van der Waals surface area contributed by atoms with Crippen LogP contribution in [-0.4, -0.2) is 27.0 Å². The third kappa shape index (κ3) is 1.29. The van der Waals surface area contributed by atoms with Gasteiger partial charge in [-0.05, 0) is 10.4 Å². The number of hydroxylamine groups is 1. The minimum Gasteiger partial charge on any atom is -0.750 e. The number of benzene rings is 1. The first-order valence-electron chi connectivity index (χ1n) is 6.43. The number of hydrogen-bond acceptors (Lipinski definition) is 2. The van der Waals surface area contributed by atoms with Crippen LogP contribution in [0.4, 0.5) is 0 Å². The topological polar surface area (TPSA) is 35.3 Å². The Bertz CT molecular complexity index is 701. The highest BCUT2D eigenvalue weighted by Gasteiger charge is 2.43. The van der Waals surface area contributed by atoms with Crippen molar-refractivity contribution in [2.45, 2.75) is 5.35 Å². The number of nitrogens with zero attached hydrogens (tertiary/aromatic N) is 1. The lowest BCUT2D eigenvalue weighted by Crippen LogP contribution is -2.43. The van der Waals surface area contributed by atoms with Gasteiger partial charge in [0.15, 0.2) is 0 Å². The second-order valence-corrected chi connectivity index (χ2v) is 4.91. The lowest BCUT2D eigenvalue weighted by atomic mass is 10.2.